The number of benzene rings is 1. The minimum Gasteiger partial charge on any atom is -0.338 e. The number of nitrogens with zero attached hydrogens (tertiary/aromatic N) is 2. The number of allylic oxidation sites excluding steroid dienone is 3. The summed E-state index contributed by atoms with van der Waals surface area (Å²) in [5.74, 6) is -0.350. The highest BCUT2D eigenvalue weighted by molar-refractivity contribution is 6.11. The van der Waals surface area contributed by atoms with Crippen molar-refractivity contribution in [1.82, 2.24) is 9.88 Å². The summed E-state index contributed by atoms with van der Waals surface area (Å²) in [5, 5.41) is 3.98. The lowest BCUT2D eigenvalue weighted by molar-refractivity contribution is -0.118. The normalized spacial score (nSPS) is 20.6. The summed E-state index contributed by atoms with van der Waals surface area (Å²) in [7, 11) is 0. The SMILES string of the molecule is CC(C)(C)C1=CC(=O)NC2=CC(=NC(=O)Cn3ccc4ccccc43)C=CC21. The molecule has 5 nitrogen and oxygen atoms in total. The van der Waals surface area contributed by atoms with E-state index in [1.807, 2.05) is 53.2 Å². The van der Waals surface area contributed by atoms with Crippen LogP contribution in [0.15, 0.2) is 77.1 Å². The van der Waals surface area contributed by atoms with E-state index in [-0.39, 0.29) is 29.7 Å². The van der Waals surface area contributed by atoms with Gasteiger partial charge in [-0.3, -0.25) is 9.59 Å². The molecule has 1 aliphatic heterocycles. The maximum atomic E-state index is 12.5. The van der Waals surface area contributed by atoms with E-state index in [1.165, 1.54) is 0 Å². The summed E-state index contributed by atoms with van der Waals surface area (Å²) in [6, 6.07) is 9.92. The number of carbonyl (C=O) groups excluding carboxylic acids is 2. The van der Waals surface area contributed by atoms with Crippen molar-refractivity contribution in [1.29, 1.82) is 0 Å². The molecule has 142 valence electrons. The van der Waals surface area contributed by atoms with Gasteiger partial charge >= 0.3 is 0 Å². The summed E-state index contributed by atoms with van der Waals surface area (Å²) in [6.45, 7) is 6.46. The summed E-state index contributed by atoms with van der Waals surface area (Å²) in [6.07, 6.45) is 9.24. The fraction of sp³-hybridized carbons (Fsp3) is 0.261. The minimum atomic E-state index is -0.231. The molecule has 0 spiro atoms. The van der Waals surface area contributed by atoms with Crippen LogP contribution in [0.5, 0.6) is 0 Å². The van der Waals surface area contributed by atoms with Crippen LogP contribution in [0, 0.1) is 11.3 Å². The number of rotatable bonds is 2. The molecule has 0 radical (unpaired) electrons. The molecule has 2 heterocycles. The Labute approximate surface area is 164 Å². The second-order valence-corrected chi connectivity index (χ2v) is 8.21. The molecule has 28 heavy (non-hydrogen) atoms. The van der Waals surface area contributed by atoms with E-state index in [2.05, 4.69) is 31.1 Å². The first-order valence-electron chi connectivity index (χ1n) is 9.39. The van der Waals surface area contributed by atoms with Gasteiger partial charge in [-0.15, -0.1) is 0 Å². The van der Waals surface area contributed by atoms with Gasteiger partial charge < -0.3 is 9.88 Å². The molecule has 5 heteroatoms. The van der Waals surface area contributed by atoms with Gasteiger partial charge in [-0.05, 0) is 40.7 Å². The number of aromatic nitrogens is 1. The predicted molar refractivity (Wildman–Crippen MR) is 111 cm³/mol. The lowest BCUT2D eigenvalue weighted by Crippen LogP contribution is -2.36. The fourth-order valence-electron chi connectivity index (χ4n) is 3.75. The topological polar surface area (TPSA) is 63.5 Å². The first-order valence-corrected chi connectivity index (χ1v) is 9.39. The molecule has 1 aromatic carbocycles. The van der Waals surface area contributed by atoms with Crippen LogP contribution in [0.4, 0.5) is 0 Å². The van der Waals surface area contributed by atoms with Crippen molar-refractivity contribution in [2.75, 3.05) is 0 Å². The number of aliphatic imine (C=N–C) groups is 1. The zero-order chi connectivity index (χ0) is 19.9. The highest BCUT2D eigenvalue weighted by Crippen LogP contribution is 2.38. The number of hydrogen-bond acceptors (Lipinski definition) is 2. The van der Waals surface area contributed by atoms with Gasteiger partial charge in [0.15, 0.2) is 0 Å². The molecule has 2 aromatic rings. The van der Waals surface area contributed by atoms with Gasteiger partial charge in [-0.2, -0.15) is 0 Å². The van der Waals surface area contributed by atoms with E-state index in [0.29, 0.717) is 5.71 Å². The lowest BCUT2D eigenvalue weighted by Gasteiger charge is -2.34. The number of hydrogen-bond donors (Lipinski definition) is 1. The van der Waals surface area contributed by atoms with E-state index in [9.17, 15) is 9.59 Å². The van der Waals surface area contributed by atoms with Crippen molar-refractivity contribution in [3.8, 4) is 0 Å². The second kappa shape index (κ2) is 6.75. The van der Waals surface area contributed by atoms with E-state index < -0.39 is 0 Å². The highest BCUT2D eigenvalue weighted by Gasteiger charge is 2.32. The third-order valence-corrected chi connectivity index (χ3v) is 5.09. The minimum absolute atomic E-state index is 0.0140. The summed E-state index contributed by atoms with van der Waals surface area (Å²) >= 11 is 0. The summed E-state index contributed by atoms with van der Waals surface area (Å²) in [5.41, 5.74) is 3.28. The van der Waals surface area contributed by atoms with Crippen LogP contribution in [0.1, 0.15) is 20.8 Å². The van der Waals surface area contributed by atoms with Gasteiger partial charge in [0.1, 0.15) is 6.54 Å². The van der Waals surface area contributed by atoms with Gasteiger partial charge in [0.25, 0.3) is 5.91 Å². The molecule has 0 bridgehead atoms. The Morgan fingerprint density at radius 3 is 2.75 bits per heavy atom. The van der Waals surface area contributed by atoms with Gasteiger partial charge in [-0.25, -0.2) is 4.99 Å². The van der Waals surface area contributed by atoms with E-state index in [0.717, 1.165) is 22.2 Å². The molecule has 1 aliphatic carbocycles. The van der Waals surface area contributed by atoms with Crippen molar-refractivity contribution in [3.63, 3.8) is 0 Å². The van der Waals surface area contributed by atoms with Gasteiger partial charge in [0.2, 0.25) is 5.91 Å². The number of carbonyl (C=O) groups is 2. The molecule has 2 aliphatic rings. The molecule has 1 N–H and O–H groups in total. The van der Waals surface area contributed by atoms with Crippen LogP contribution in [0.2, 0.25) is 0 Å². The number of amides is 2. The molecule has 1 atom stereocenters. The Hall–Kier alpha value is -3.21. The number of fused-ring (bicyclic) bond motifs is 2. The monoisotopic (exact) mass is 373 g/mol. The maximum absolute atomic E-state index is 12.5. The van der Waals surface area contributed by atoms with Crippen LogP contribution in [-0.4, -0.2) is 22.1 Å². The zero-order valence-corrected chi connectivity index (χ0v) is 16.3. The lowest BCUT2D eigenvalue weighted by atomic mass is 9.74. The first kappa shape index (κ1) is 18.2. The molecule has 1 aromatic heterocycles. The van der Waals surface area contributed by atoms with Crippen molar-refractivity contribution >= 4 is 28.4 Å². The van der Waals surface area contributed by atoms with Crippen molar-refractivity contribution in [2.24, 2.45) is 16.3 Å². The Balaban J connectivity index is 1.56. The molecule has 4 rings (SSSR count). The Bertz CT molecular complexity index is 1090. The summed E-state index contributed by atoms with van der Waals surface area (Å²) < 4.78 is 1.90. The Morgan fingerprint density at radius 2 is 1.96 bits per heavy atom. The van der Waals surface area contributed by atoms with Crippen molar-refractivity contribution in [3.05, 3.63) is 72.1 Å². The highest BCUT2D eigenvalue weighted by atomic mass is 16.2. The van der Waals surface area contributed by atoms with Crippen LogP contribution < -0.4 is 5.32 Å². The van der Waals surface area contributed by atoms with Crippen molar-refractivity contribution in [2.45, 2.75) is 27.3 Å². The molecular weight excluding hydrogens is 350 g/mol. The average molecular weight is 373 g/mol. The third kappa shape index (κ3) is 3.48. The molecule has 0 fully saturated rings. The van der Waals surface area contributed by atoms with E-state index in [4.69, 9.17) is 0 Å². The Morgan fingerprint density at radius 1 is 1.18 bits per heavy atom. The standard InChI is InChI=1S/C23H23N3O2/c1-23(2,3)18-13-21(27)25-19-12-16(8-9-17(18)19)24-22(28)14-26-11-10-15-6-4-5-7-20(15)26/h4-13,17H,14H2,1-3H3,(H,25,27). The quantitative estimate of drug-likeness (QED) is 0.871. The molecular formula is C23H23N3O2. The van der Waals surface area contributed by atoms with Gasteiger partial charge in [0, 0.05) is 29.4 Å². The summed E-state index contributed by atoms with van der Waals surface area (Å²) in [4.78, 5) is 28.8. The molecule has 1 unspecified atom stereocenters. The van der Waals surface area contributed by atoms with Crippen LogP contribution >= 0.6 is 0 Å². The first-order chi connectivity index (χ1) is 13.3. The maximum Gasteiger partial charge on any atom is 0.266 e. The van der Waals surface area contributed by atoms with Crippen LogP contribution in [-0.2, 0) is 16.1 Å². The Kier molecular flexibility index (Phi) is 4.38. The number of nitrogens with one attached hydrogen (secondary N) is 1. The molecule has 0 saturated carbocycles. The van der Waals surface area contributed by atoms with Crippen LogP contribution in [0.3, 0.4) is 0 Å². The molecule has 0 saturated heterocycles. The van der Waals surface area contributed by atoms with Crippen molar-refractivity contribution < 1.29 is 9.59 Å². The number of para-hydroxylation sites is 1. The second-order valence-electron chi connectivity index (χ2n) is 8.21. The zero-order valence-electron chi connectivity index (χ0n) is 16.3. The van der Waals surface area contributed by atoms with E-state index >= 15 is 0 Å². The fourth-order valence-corrected chi connectivity index (χ4v) is 3.75. The van der Waals surface area contributed by atoms with Crippen LogP contribution in [0.25, 0.3) is 10.9 Å². The van der Waals surface area contributed by atoms with Gasteiger partial charge in [0.05, 0.1) is 5.71 Å². The third-order valence-electron chi connectivity index (χ3n) is 5.09. The smallest absolute Gasteiger partial charge is 0.266 e. The van der Waals surface area contributed by atoms with E-state index in [1.54, 1.807) is 12.2 Å². The predicted octanol–water partition coefficient (Wildman–Crippen LogP) is 3.78. The molecule has 2 amide bonds. The van der Waals surface area contributed by atoms with Gasteiger partial charge in [-0.1, -0.05) is 45.0 Å². The largest absolute Gasteiger partial charge is 0.338 e. The average Bonchev–Trinajstić information content (AvgIpc) is 3.03.